The van der Waals surface area contributed by atoms with Crippen LogP contribution in [0.15, 0.2) is 143 Å². The van der Waals surface area contributed by atoms with E-state index in [2.05, 4.69) is 91.8 Å². The molecule has 2 N–H and O–H groups in total. The summed E-state index contributed by atoms with van der Waals surface area (Å²) in [6, 6.07) is 44.2. The fourth-order valence-electron chi connectivity index (χ4n) is 6.62. The number of aromatic hydroxyl groups is 2. The van der Waals surface area contributed by atoms with Gasteiger partial charge in [-0.1, -0.05) is 177 Å². The normalized spacial score (nSPS) is 11.4. The van der Waals surface area contributed by atoms with Crippen molar-refractivity contribution in [2.75, 3.05) is 0 Å². The molecule has 6 aromatic rings. The number of hydrogen-bond acceptors (Lipinski definition) is 4. The largest absolute Gasteiger partial charge is 0.507 e. The van der Waals surface area contributed by atoms with Gasteiger partial charge in [0.25, 0.3) is 0 Å². The van der Waals surface area contributed by atoms with Crippen LogP contribution in [0.4, 0.5) is 11.4 Å². The molecule has 281 valence electrons. The number of benzene rings is 6. The molecule has 0 saturated heterocycles. The summed E-state index contributed by atoms with van der Waals surface area (Å²) < 4.78 is 0. The SMILES string of the molecule is CC(C)c1cccc(C(C)C)c1N=Cc1cccc(-c2ccccc2)c1O.CC(C)c1cccc(C(C)C)c1N=Cc1cccc(-c2ccccc2)c1O.[V]. The summed E-state index contributed by atoms with van der Waals surface area (Å²) in [5.41, 5.74) is 12.1. The second kappa shape index (κ2) is 20.0. The smallest absolute Gasteiger partial charge is 0.132 e. The molecule has 0 amide bonds. The summed E-state index contributed by atoms with van der Waals surface area (Å²) >= 11 is 0. The van der Waals surface area contributed by atoms with Gasteiger partial charge >= 0.3 is 0 Å². The second-order valence-corrected chi connectivity index (χ2v) is 14.9. The zero-order valence-corrected chi connectivity index (χ0v) is 34.8. The number of nitrogens with zero attached hydrogens (tertiary/aromatic N) is 2. The van der Waals surface area contributed by atoms with Crippen molar-refractivity contribution in [2.45, 2.75) is 79.1 Å². The van der Waals surface area contributed by atoms with Crippen LogP contribution in [0.1, 0.15) is 112 Å². The third-order valence-corrected chi connectivity index (χ3v) is 9.65. The van der Waals surface area contributed by atoms with E-state index in [1.165, 1.54) is 22.3 Å². The first-order valence-electron chi connectivity index (χ1n) is 19.1. The summed E-state index contributed by atoms with van der Waals surface area (Å²) in [5.74, 6) is 2.08. The van der Waals surface area contributed by atoms with Gasteiger partial charge < -0.3 is 10.2 Å². The van der Waals surface area contributed by atoms with Crippen molar-refractivity contribution < 1.29 is 28.8 Å². The summed E-state index contributed by atoms with van der Waals surface area (Å²) in [6.07, 6.45) is 3.57. The van der Waals surface area contributed by atoms with Gasteiger partial charge in [-0.25, -0.2) is 0 Å². The van der Waals surface area contributed by atoms with Gasteiger partial charge in [0.1, 0.15) is 11.5 Å². The number of phenols is 2. The van der Waals surface area contributed by atoms with Crippen LogP contribution in [-0.4, -0.2) is 22.6 Å². The van der Waals surface area contributed by atoms with Gasteiger partial charge in [-0.3, -0.25) is 9.98 Å². The van der Waals surface area contributed by atoms with Crippen molar-refractivity contribution in [1.29, 1.82) is 0 Å². The van der Waals surface area contributed by atoms with Gasteiger partial charge in [-0.2, -0.15) is 0 Å². The third kappa shape index (κ3) is 10.5. The monoisotopic (exact) mass is 765 g/mol. The van der Waals surface area contributed by atoms with Crippen LogP contribution in [0.2, 0.25) is 0 Å². The molecule has 4 nitrogen and oxygen atoms in total. The average molecular weight is 766 g/mol. The van der Waals surface area contributed by atoms with Crippen LogP contribution in [0.25, 0.3) is 22.3 Å². The molecule has 5 heteroatoms. The van der Waals surface area contributed by atoms with E-state index in [1.54, 1.807) is 12.4 Å². The molecule has 0 heterocycles. The van der Waals surface area contributed by atoms with Crippen LogP contribution in [0, 0.1) is 0 Å². The topological polar surface area (TPSA) is 65.2 Å². The fourth-order valence-corrected chi connectivity index (χ4v) is 6.62. The maximum absolute atomic E-state index is 10.8. The standard InChI is InChI=1S/2C25H27NO.V/c2*1-17(2)21-13-9-14-22(18(3)4)24(21)26-16-20-12-8-15-23(25(20)27)19-10-6-5-7-11-19;/h2*5-18,27H,1-4H3;. The van der Waals surface area contributed by atoms with Gasteiger partial charge in [0.05, 0.1) is 11.4 Å². The zero-order valence-electron chi connectivity index (χ0n) is 33.4. The Balaban J connectivity index is 0.000000240. The molecule has 0 aromatic heterocycles. The van der Waals surface area contributed by atoms with Crippen molar-refractivity contribution in [1.82, 2.24) is 0 Å². The summed E-state index contributed by atoms with van der Waals surface area (Å²) in [6.45, 7) is 17.5. The van der Waals surface area contributed by atoms with E-state index >= 15 is 0 Å². The molecule has 0 unspecified atom stereocenters. The number of rotatable bonds is 10. The van der Waals surface area contributed by atoms with E-state index in [0.717, 1.165) is 44.8 Å². The van der Waals surface area contributed by atoms with E-state index in [-0.39, 0.29) is 30.1 Å². The molecule has 0 fully saturated rings. The predicted octanol–water partition coefficient (Wildman–Crippen LogP) is 14.1. The summed E-state index contributed by atoms with van der Waals surface area (Å²) in [5, 5.41) is 21.6. The van der Waals surface area contributed by atoms with E-state index in [0.29, 0.717) is 23.7 Å². The Bertz CT molecular complexity index is 1990. The Morgan fingerprint density at radius 3 is 0.964 bits per heavy atom. The van der Waals surface area contributed by atoms with Gasteiger partial charge in [0.2, 0.25) is 0 Å². The zero-order chi connectivity index (χ0) is 38.8. The number of hydrogen-bond donors (Lipinski definition) is 2. The summed E-state index contributed by atoms with van der Waals surface area (Å²) in [7, 11) is 0. The van der Waals surface area contributed by atoms with Crippen LogP contribution < -0.4 is 0 Å². The first kappa shape index (κ1) is 42.6. The first-order valence-corrected chi connectivity index (χ1v) is 19.1. The van der Waals surface area contributed by atoms with Crippen molar-refractivity contribution in [3.8, 4) is 33.8 Å². The summed E-state index contributed by atoms with van der Waals surface area (Å²) in [4.78, 5) is 9.66. The minimum atomic E-state index is 0. The Hall–Kier alpha value is -5.16. The van der Waals surface area contributed by atoms with E-state index < -0.39 is 0 Å². The second-order valence-electron chi connectivity index (χ2n) is 14.9. The molecule has 55 heavy (non-hydrogen) atoms. The maximum Gasteiger partial charge on any atom is 0.132 e. The van der Waals surface area contributed by atoms with Crippen LogP contribution >= 0.6 is 0 Å². The molecule has 0 spiro atoms. The molecule has 0 aliphatic heterocycles. The van der Waals surface area contributed by atoms with Crippen molar-refractivity contribution in [3.63, 3.8) is 0 Å². The molecule has 0 saturated carbocycles. The quantitative estimate of drug-likeness (QED) is 0.136. The van der Waals surface area contributed by atoms with Crippen LogP contribution in [0.5, 0.6) is 11.5 Å². The molecule has 6 aromatic carbocycles. The molecule has 0 atom stereocenters. The van der Waals surface area contributed by atoms with Crippen molar-refractivity contribution >= 4 is 23.8 Å². The maximum atomic E-state index is 10.8. The number of para-hydroxylation sites is 4. The molecule has 6 rings (SSSR count). The first-order chi connectivity index (χ1) is 26.0. The minimum absolute atomic E-state index is 0. The molecule has 0 aliphatic rings. The molecular formula is C50H54N2O2V. The average Bonchev–Trinajstić information content (AvgIpc) is 3.17. The van der Waals surface area contributed by atoms with Crippen LogP contribution in [0.3, 0.4) is 0 Å². The fraction of sp³-hybridized carbons (Fsp3) is 0.240. The van der Waals surface area contributed by atoms with Gasteiger partial charge in [-0.15, -0.1) is 0 Å². The van der Waals surface area contributed by atoms with E-state index in [9.17, 15) is 10.2 Å². The van der Waals surface area contributed by atoms with Crippen molar-refractivity contribution in [2.24, 2.45) is 9.98 Å². The predicted molar refractivity (Wildman–Crippen MR) is 231 cm³/mol. The van der Waals surface area contributed by atoms with Gasteiger partial charge in [0.15, 0.2) is 0 Å². The Morgan fingerprint density at radius 2 is 0.673 bits per heavy atom. The van der Waals surface area contributed by atoms with E-state index in [4.69, 9.17) is 9.98 Å². The molecule has 1 radical (unpaired) electrons. The van der Waals surface area contributed by atoms with Crippen molar-refractivity contribution in [3.05, 3.63) is 167 Å². The van der Waals surface area contributed by atoms with Gasteiger partial charge in [0, 0.05) is 53.2 Å². The Kier molecular flexibility index (Phi) is 15.5. The molecule has 0 aliphatic carbocycles. The van der Waals surface area contributed by atoms with Gasteiger partial charge in [-0.05, 0) is 69.2 Å². The Morgan fingerprint density at radius 1 is 0.382 bits per heavy atom. The third-order valence-electron chi connectivity index (χ3n) is 9.65. The number of phenolic OH excluding ortho intramolecular Hbond substituents is 2. The number of aliphatic imine (C=N–C) groups is 2. The van der Waals surface area contributed by atoms with Crippen LogP contribution in [-0.2, 0) is 18.6 Å². The minimum Gasteiger partial charge on any atom is -0.507 e. The molecule has 0 bridgehead atoms. The molecular weight excluding hydrogens is 712 g/mol. The van der Waals surface area contributed by atoms with E-state index in [1.807, 2.05) is 97.1 Å². The Labute approximate surface area is 340 Å².